The zero-order valence-corrected chi connectivity index (χ0v) is 10.4. The molecule has 0 atom stereocenters. The van der Waals surface area contributed by atoms with Crippen LogP contribution < -0.4 is 5.32 Å². The number of aromatic nitrogens is 1. The molecule has 0 saturated carbocycles. The highest BCUT2D eigenvalue weighted by Gasteiger charge is 2.29. The number of fused-ring (bicyclic) bond motifs is 1. The van der Waals surface area contributed by atoms with Crippen LogP contribution >= 0.6 is 0 Å². The number of aliphatic hydroxyl groups is 2. The fourth-order valence-electron chi connectivity index (χ4n) is 2.10. The van der Waals surface area contributed by atoms with Crippen LogP contribution in [-0.4, -0.2) is 46.5 Å². The van der Waals surface area contributed by atoms with E-state index in [9.17, 15) is 9.59 Å². The maximum absolute atomic E-state index is 11.8. The number of nitrogens with one attached hydrogen (secondary N) is 2. The molecule has 0 aliphatic heterocycles. The summed E-state index contributed by atoms with van der Waals surface area (Å²) in [7, 11) is 0. The van der Waals surface area contributed by atoms with Crippen molar-refractivity contribution in [3.05, 3.63) is 29.1 Å². The standard InChI is InChI=1S/C13H16N2O4/c16-4-1-3-14-9-6-10(18)13(19)12-11(9)8(2-5-17)7-15-12/h6-7,14-17H,1-5H2. The molecule has 0 aromatic carbocycles. The summed E-state index contributed by atoms with van der Waals surface area (Å²) < 4.78 is 0. The zero-order valence-electron chi connectivity index (χ0n) is 10.4. The Kier molecular flexibility index (Phi) is 4.13. The van der Waals surface area contributed by atoms with Crippen molar-refractivity contribution in [2.24, 2.45) is 0 Å². The second kappa shape index (κ2) is 5.81. The van der Waals surface area contributed by atoms with Gasteiger partial charge >= 0.3 is 0 Å². The van der Waals surface area contributed by atoms with Gasteiger partial charge in [0.05, 0.1) is 0 Å². The van der Waals surface area contributed by atoms with Gasteiger partial charge in [0.15, 0.2) is 0 Å². The van der Waals surface area contributed by atoms with Gasteiger partial charge in [-0.05, 0) is 18.4 Å². The van der Waals surface area contributed by atoms with Crippen LogP contribution in [0.15, 0.2) is 12.3 Å². The molecular formula is C13H16N2O4. The minimum Gasteiger partial charge on any atom is -0.396 e. The first-order chi connectivity index (χ1) is 9.19. The Balaban J connectivity index is 2.33. The largest absolute Gasteiger partial charge is 0.396 e. The molecule has 1 heterocycles. The first kappa shape index (κ1) is 13.5. The minimum absolute atomic E-state index is 0.0314. The SMILES string of the molecule is O=C1C=C(NCCCO)c2c(CCO)c[nH]c2C1=O. The summed E-state index contributed by atoms with van der Waals surface area (Å²) >= 11 is 0. The normalized spacial score (nSPS) is 14.3. The van der Waals surface area contributed by atoms with Crippen molar-refractivity contribution in [3.63, 3.8) is 0 Å². The molecule has 2 rings (SSSR count). The molecule has 0 amide bonds. The average Bonchev–Trinajstić information content (AvgIpc) is 2.80. The van der Waals surface area contributed by atoms with E-state index in [2.05, 4.69) is 10.3 Å². The molecule has 0 saturated heterocycles. The maximum Gasteiger partial charge on any atom is 0.249 e. The topological polar surface area (TPSA) is 102 Å². The second-order valence-corrected chi connectivity index (χ2v) is 4.29. The van der Waals surface area contributed by atoms with Crippen LogP contribution in [0, 0.1) is 0 Å². The van der Waals surface area contributed by atoms with E-state index in [-0.39, 0.29) is 18.9 Å². The van der Waals surface area contributed by atoms with Gasteiger partial charge in [-0.2, -0.15) is 0 Å². The lowest BCUT2D eigenvalue weighted by Gasteiger charge is -2.16. The predicted octanol–water partition coefficient (Wildman–Crippen LogP) is -0.372. The Morgan fingerprint density at radius 1 is 1.21 bits per heavy atom. The first-order valence-electron chi connectivity index (χ1n) is 6.15. The summed E-state index contributed by atoms with van der Waals surface area (Å²) in [5.41, 5.74) is 2.28. The van der Waals surface area contributed by atoms with Crippen LogP contribution in [-0.2, 0) is 11.2 Å². The molecule has 1 aliphatic rings. The van der Waals surface area contributed by atoms with E-state index in [0.29, 0.717) is 30.6 Å². The monoisotopic (exact) mass is 264 g/mol. The van der Waals surface area contributed by atoms with Crippen molar-refractivity contribution in [1.82, 2.24) is 10.3 Å². The van der Waals surface area contributed by atoms with E-state index in [1.165, 1.54) is 6.08 Å². The lowest BCUT2D eigenvalue weighted by atomic mass is 9.95. The molecular weight excluding hydrogens is 248 g/mol. The third kappa shape index (κ3) is 2.59. The fraction of sp³-hybridized carbons (Fsp3) is 0.385. The van der Waals surface area contributed by atoms with Gasteiger partial charge in [-0.1, -0.05) is 0 Å². The smallest absolute Gasteiger partial charge is 0.249 e. The summed E-state index contributed by atoms with van der Waals surface area (Å²) in [6, 6.07) is 0. The number of aromatic amines is 1. The number of aliphatic hydroxyl groups excluding tert-OH is 2. The van der Waals surface area contributed by atoms with Crippen LogP contribution in [0.5, 0.6) is 0 Å². The molecule has 4 N–H and O–H groups in total. The van der Waals surface area contributed by atoms with Crippen molar-refractivity contribution < 1.29 is 19.8 Å². The third-order valence-electron chi connectivity index (χ3n) is 2.99. The summed E-state index contributed by atoms with van der Waals surface area (Å²) in [6.07, 6.45) is 3.87. The van der Waals surface area contributed by atoms with Gasteiger partial charge in [-0.3, -0.25) is 9.59 Å². The second-order valence-electron chi connectivity index (χ2n) is 4.29. The molecule has 6 nitrogen and oxygen atoms in total. The molecule has 0 radical (unpaired) electrons. The van der Waals surface area contributed by atoms with E-state index in [4.69, 9.17) is 10.2 Å². The van der Waals surface area contributed by atoms with E-state index in [1.54, 1.807) is 6.20 Å². The number of allylic oxidation sites excluding steroid dienone is 1. The first-order valence-corrected chi connectivity index (χ1v) is 6.15. The number of Topliss-reactive ketones (excluding diaryl/α,β-unsaturated/α-hetero) is 1. The Hall–Kier alpha value is -1.92. The summed E-state index contributed by atoms with van der Waals surface area (Å²) in [6.45, 7) is 0.528. The van der Waals surface area contributed by atoms with Crippen molar-refractivity contribution >= 4 is 17.3 Å². The highest BCUT2D eigenvalue weighted by molar-refractivity contribution is 6.50. The number of hydrogen-bond acceptors (Lipinski definition) is 5. The summed E-state index contributed by atoms with van der Waals surface area (Å²) in [4.78, 5) is 26.1. The molecule has 1 aromatic heterocycles. The minimum atomic E-state index is -0.573. The van der Waals surface area contributed by atoms with E-state index < -0.39 is 11.6 Å². The van der Waals surface area contributed by atoms with Gasteiger partial charge in [0, 0.05) is 43.3 Å². The Morgan fingerprint density at radius 2 is 2.00 bits per heavy atom. The lowest BCUT2D eigenvalue weighted by Crippen LogP contribution is -2.25. The lowest BCUT2D eigenvalue weighted by molar-refractivity contribution is -0.111. The summed E-state index contributed by atoms with van der Waals surface area (Å²) in [5.74, 6) is -1.14. The third-order valence-corrected chi connectivity index (χ3v) is 2.99. The number of rotatable bonds is 6. The van der Waals surface area contributed by atoms with Gasteiger partial charge in [-0.15, -0.1) is 0 Å². The number of H-pyrrole nitrogens is 1. The summed E-state index contributed by atoms with van der Waals surface area (Å²) in [5, 5.41) is 20.8. The Labute approximate surface area is 110 Å². The van der Waals surface area contributed by atoms with Gasteiger partial charge in [0.2, 0.25) is 11.6 Å². The predicted molar refractivity (Wildman–Crippen MR) is 68.6 cm³/mol. The zero-order chi connectivity index (χ0) is 13.8. The van der Waals surface area contributed by atoms with Crippen molar-refractivity contribution in [1.29, 1.82) is 0 Å². The van der Waals surface area contributed by atoms with Crippen molar-refractivity contribution in [2.45, 2.75) is 12.8 Å². The number of ketones is 2. The molecule has 0 bridgehead atoms. The van der Waals surface area contributed by atoms with Crippen molar-refractivity contribution in [3.8, 4) is 0 Å². The van der Waals surface area contributed by atoms with Gasteiger partial charge < -0.3 is 20.5 Å². The van der Waals surface area contributed by atoms with E-state index >= 15 is 0 Å². The van der Waals surface area contributed by atoms with Crippen LogP contribution in [0.1, 0.15) is 28.0 Å². The number of carbonyl (C=O) groups excluding carboxylic acids is 2. The molecule has 0 fully saturated rings. The molecule has 1 aliphatic carbocycles. The highest BCUT2D eigenvalue weighted by Crippen LogP contribution is 2.26. The molecule has 19 heavy (non-hydrogen) atoms. The molecule has 0 unspecified atom stereocenters. The van der Waals surface area contributed by atoms with E-state index in [1.807, 2.05) is 0 Å². The van der Waals surface area contributed by atoms with Crippen LogP contribution in [0.4, 0.5) is 0 Å². The van der Waals surface area contributed by atoms with Gasteiger partial charge in [-0.25, -0.2) is 0 Å². The Morgan fingerprint density at radius 3 is 2.68 bits per heavy atom. The van der Waals surface area contributed by atoms with Gasteiger partial charge in [0.25, 0.3) is 0 Å². The molecule has 0 spiro atoms. The van der Waals surface area contributed by atoms with E-state index in [0.717, 1.165) is 5.56 Å². The number of carbonyl (C=O) groups is 2. The highest BCUT2D eigenvalue weighted by atomic mass is 16.3. The molecule has 6 heteroatoms. The fourth-order valence-corrected chi connectivity index (χ4v) is 2.10. The Bertz CT molecular complexity index is 531. The van der Waals surface area contributed by atoms with Crippen molar-refractivity contribution in [2.75, 3.05) is 19.8 Å². The van der Waals surface area contributed by atoms with Gasteiger partial charge in [0.1, 0.15) is 5.69 Å². The maximum atomic E-state index is 11.8. The molecule has 1 aromatic rings. The average molecular weight is 264 g/mol. The van der Waals surface area contributed by atoms with Crippen LogP contribution in [0.2, 0.25) is 0 Å². The number of hydrogen-bond donors (Lipinski definition) is 4. The van der Waals surface area contributed by atoms with Crippen LogP contribution in [0.25, 0.3) is 5.70 Å². The molecule has 102 valence electrons. The quantitative estimate of drug-likeness (QED) is 0.414. The van der Waals surface area contributed by atoms with Crippen LogP contribution in [0.3, 0.4) is 0 Å².